The van der Waals surface area contributed by atoms with Crippen molar-refractivity contribution in [3.8, 4) is 18.0 Å². The van der Waals surface area contributed by atoms with E-state index in [0.29, 0.717) is 30.0 Å². The summed E-state index contributed by atoms with van der Waals surface area (Å²) in [6.07, 6.45) is 11.5. The Balaban J connectivity index is 2.02. The van der Waals surface area contributed by atoms with E-state index in [9.17, 15) is 19.1 Å². The van der Waals surface area contributed by atoms with Gasteiger partial charge in [-0.05, 0) is 62.1 Å². The van der Waals surface area contributed by atoms with Crippen LogP contribution in [0.3, 0.4) is 0 Å². The third-order valence-electron chi connectivity index (χ3n) is 7.58. The number of anilines is 1. The fourth-order valence-corrected chi connectivity index (χ4v) is 5.47. The van der Waals surface area contributed by atoms with Gasteiger partial charge in [0, 0.05) is 44.4 Å². The smallest absolute Gasteiger partial charge is 0.355 e. The Bertz CT molecular complexity index is 1740. The molecule has 0 saturated carbocycles. The third-order valence-corrected chi connectivity index (χ3v) is 7.58. The third kappa shape index (κ3) is 6.45. The molecule has 3 aromatic heterocycles. The topological polar surface area (TPSA) is 104 Å². The van der Waals surface area contributed by atoms with Crippen LogP contribution < -0.4 is 10.6 Å². The van der Waals surface area contributed by atoms with E-state index in [2.05, 4.69) is 27.5 Å². The van der Waals surface area contributed by atoms with Gasteiger partial charge < -0.3 is 14.9 Å². The van der Waals surface area contributed by atoms with E-state index in [1.165, 1.54) is 28.9 Å². The number of terminal acetylenes is 1. The summed E-state index contributed by atoms with van der Waals surface area (Å²) in [6.45, 7) is 11.6. The van der Waals surface area contributed by atoms with Gasteiger partial charge in [-0.3, -0.25) is 9.78 Å². The molecule has 4 heterocycles. The van der Waals surface area contributed by atoms with Gasteiger partial charge in [-0.25, -0.2) is 23.1 Å². The molecule has 1 saturated heterocycles. The molecule has 0 radical (unpaired) electrons. The summed E-state index contributed by atoms with van der Waals surface area (Å²) in [7, 11) is 0. The van der Waals surface area contributed by atoms with E-state index < -0.39 is 23.8 Å². The lowest BCUT2D eigenvalue weighted by Gasteiger charge is -2.44. The molecule has 0 unspecified atom stereocenters. The van der Waals surface area contributed by atoms with E-state index in [4.69, 9.17) is 6.42 Å². The van der Waals surface area contributed by atoms with Crippen molar-refractivity contribution in [2.24, 2.45) is 0 Å². The molecule has 4 rings (SSSR count). The first-order chi connectivity index (χ1) is 21.0. The van der Waals surface area contributed by atoms with Gasteiger partial charge in [0.1, 0.15) is 17.5 Å². The Labute approximate surface area is 255 Å². The van der Waals surface area contributed by atoms with Gasteiger partial charge in [-0.2, -0.15) is 4.98 Å². The normalized spacial score (nSPS) is 17.5. The lowest BCUT2D eigenvalue weighted by molar-refractivity contribution is -0.128. The van der Waals surface area contributed by atoms with Gasteiger partial charge in [-0.1, -0.05) is 32.4 Å². The van der Waals surface area contributed by atoms with Crippen molar-refractivity contribution >= 4 is 22.8 Å². The number of piperazine rings is 1. The summed E-state index contributed by atoms with van der Waals surface area (Å²) in [6, 6.07) is 2.37. The predicted octanol–water partition coefficient (Wildman–Crippen LogP) is 4.17. The number of hydrogen-bond donors (Lipinski definition) is 1. The highest BCUT2D eigenvalue weighted by molar-refractivity contribution is 5.90. The maximum Gasteiger partial charge on any atom is 0.355 e. The molecule has 44 heavy (non-hydrogen) atoms. The number of rotatable bonds is 9. The lowest BCUT2D eigenvalue weighted by atomic mass is 10.0. The largest absolute Gasteiger partial charge is 0.396 e. The van der Waals surface area contributed by atoms with Crippen LogP contribution in [-0.2, 0) is 17.6 Å². The number of aromatic nitrogens is 4. The molecule has 1 aliphatic rings. The van der Waals surface area contributed by atoms with Crippen molar-refractivity contribution in [2.45, 2.75) is 58.5 Å². The van der Waals surface area contributed by atoms with Crippen molar-refractivity contribution < 1.29 is 18.7 Å². The molecule has 3 aromatic rings. The van der Waals surface area contributed by atoms with Gasteiger partial charge in [0.25, 0.3) is 0 Å². The van der Waals surface area contributed by atoms with E-state index in [-0.39, 0.29) is 59.5 Å². The van der Waals surface area contributed by atoms with Gasteiger partial charge >= 0.3 is 5.69 Å². The minimum atomic E-state index is -0.776. The van der Waals surface area contributed by atoms with Gasteiger partial charge in [-0.15, -0.1) is 6.42 Å². The molecule has 11 heteroatoms. The highest BCUT2D eigenvalue weighted by atomic mass is 19.1. The van der Waals surface area contributed by atoms with Crippen LogP contribution in [0, 0.1) is 18.2 Å². The predicted molar refractivity (Wildman–Crippen MR) is 167 cm³/mol. The zero-order chi connectivity index (χ0) is 32.1. The molecular weight excluding hydrogens is 566 g/mol. The first kappa shape index (κ1) is 32.2. The number of fused-ring (bicyclic) bond motifs is 1. The fourth-order valence-electron chi connectivity index (χ4n) is 5.47. The molecule has 0 aromatic carbocycles. The van der Waals surface area contributed by atoms with Gasteiger partial charge in [0.15, 0.2) is 5.65 Å². The molecule has 1 amide bonds. The van der Waals surface area contributed by atoms with Gasteiger partial charge in [0.2, 0.25) is 5.91 Å². The number of halogens is 2. The Kier molecular flexibility index (Phi) is 10.1. The average Bonchev–Trinajstić information content (AvgIpc) is 2.98. The van der Waals surface area contributed by atoms with Crippen molar-refractivity contribution in [3.63, 3.8) is 0 Å². The van der Waals surface area contributed by atoms with Crippen LogP contribution in [0.15, 0.2) is 59.8 Å². The van der Waals surface area contributed by atoms with Crippen molar-refractivity contribution in [3.05, 3.63) is 88.3 Å². The number of aliphatic hydroxyl groups excluding tert-OH is 1. The second kappa shape index (κ2) is 13.7. The van der Waals surface area contributed by atoms with Crippen molar-refractivity contribution in [1.29, 1.82) is 0 Å². The summed E-state index contributed by atoms with van der Waals surface area (Å²) in [5, 5.41) is 10.1. The maximum atomic E-state index is 15.7. The first-order valence-corrected chi connectivity index (χ1v) is 14.4. The lowest BCUT2D eigenvalue weighted by Crippen LogP contribution is -2.58. The van der Waals surface area contributed by atoms with E-state index >= 15 is 4.39 Å². The number of carbonyl (C=O) groups is 1. The fraction of sp³-hybridized carbons (Fsp3) is 0.364. The van der Waals surface area contributed by atoms with Crippen LogP contribution in [0.2, 0.25) is 0 Å². The Morgan fingerprint density at radius 1 is 1.27 bits per heavy atom. The minimum Gasteiger partial charge on any atom is -0.396 e. The van der Waals surface area contributed by atoms with Crippen LogP contribution in [0.4, 0.5) is 14.6 Å². The number of carbonyl (C=O) groups excluding carboxylic acids is 1. The second-order valence-electron chi connectivity index (χ2n) is 11.0. The Morgan fingerprint density at radius 3 is 2.68 bits per heavy atom. The van der Waals surface area contributed by atoms with E-state index in [1.54, 1.807) is 17.2 Å². The monoisotopic (exact) mass is 602 g/mol. The Hall–Kier alpha value is -4.69. The Morgan fingerprint density at radius 2 is 2.02 bits per heavy atom. The number of hydrogen-bond acceptors (Lipinski definition) is 7. The van der Waals surface area contributed by atoms with Crippen LogP contribution >= 0.6 is 0 Å². The van der Waals surface area contributed by atoms with Crippen LogP contribution in [0.5, 0.6) is 0 Å². The number of pyridine rings is 2. The molecule has 0 spiro atoms. The molecule has 1 aliphatic heterocycles. The standard InChI is InChI=1S/C33H36F2N6O3/c1-7-9-10-11-24(34)16-27-26(35)17-25-31(40-19-21(5)39(18-22(40)6)28(43)8-2)38-33(44)41(32(25)37-27)30-23(13-15-42)12-14-36-29(30)20(3)4/h1,8-12,14,17,20-22,42H,2,13,15-16,18-19H2,3-6H3/b10-9-,24-11+/t21-,22+/m1/s1. The molecule has 0 bridgehead atoms. The van der Waals surface area contributed by atoms with Crippen LogP contribution in [0.25, 0.3) is 16.7 Å². The molecular formula is C33H36F2N6O3. The highest BCUT2D eigenvalue weighted by Gasteiger charge is 2.34. The minimum absolute atomic E-state index is 0.0712. The number of nitrogens with zero attached hydrogens (tertiary/aromatic N) is 6. The summed E-state index contributed by atoms with van der Waals surface area (Å²) in [5.41, 5.74) is 0.746. The zero-order valence-electron chi connectivity index (χ0n) is 25.3. The first-order valence-electron chi connectivity index (χ1n) is 14.4. The summed E-state index contributed by atoms with van der Waals surface area (Å²) in [4.78, 5) is 43.6. The number of amides is 1. The summed E-state index contributed by atoms with van der Waals surface area (Å²) in [5.74, 6) is 0.662. The van der Waals surface area contributed by atoms with Crippen molar-refractivity contribution in [1.82, 2.24) is 24.4 Å². The summed E-state index contributed by atoms with van der Waals surface area (Å²) < 4.78 is 31.8. The quantitative estimate of drug-likeness (QED) is 0.223. The zero-order valence-corrected chi connectivity index (χ0v) is 25.3. The highest BCUT2D eigenvalue weighted by Crippen LogP contribution is 2.32. The molecule has 9 nitrogen and oxygen atoms in total. The number of allylic oxidation sites excluding steroid dienone is 4. The van der Waals surface area contributed by atoms with Gasteiger partial charge in [0.05, 0.1) is 22.5 Å². The molecule has 1 N–H and O–H groups in total. The second-order valence-corrected chi connectivity index (χ2v) is 11.0. The average molecular weight is 603 g/mol. The van der Waals surface area contributed by atoms with Crippen molar-refractivity contribution in [2.75, 3.05) is 24.6 Å². The van der Waals surface area contributed by atoms with E-state index in [1.807, 2.05) is 32.6 Å². The van der Waals surface area contributed by atoms with Crippen LogP contribution in [-0.4, -0.2) is 67.2 Å². The maximum absolute atomic E-state index is 15.7. The number of aliphatic hydroxyl groups is 1. The SMILES string of the molecule is C#C/C=C\C=C(\F)Cc1nc2c(cc1F)c(N1C[C@@H](C)N(C(=O)C=C)C[C@@H]1C)nc(=O)n2-c1c(CCO)ccnc1C(C)C. The molecule has 2 atom stereocenters. The van der Waals surface area contributed by atoms with E-state index in [0.717, 1.165) is 6.08 Å². The van der Waals surface area contributed by atoms with Crippen LogP contribution in [0.1, 0.15) is 50.6 Å². The molecule has 230 valence electrons. The summed E-state index contributed by atoms with van der Waals surface area (Å²) >= 11 is 0. The molecule has 0 aliphatic carbocycles. The molecule has 1 fully saturated rings.